The third-order valence-corrected chi connectivity index (χ3v) is 3.21. The number of ether oxygens (including phenoxy) is 1. The molecule has 1 atom stereocenters. The van der Waals surface area contributed by atoms with Gasteiger partial charge in [0.05, 0.1) is 0 Å². The highest BCUT2D eigenvalue weighted by Crippen LogP contribution is 2.19. The van der Waals surface area contributed by atoms with Gasteiger partial charge in [0, 0.05) is 6.54 Å². The van der Waals surface area contributed by atoms with Crippen molar-refractivity contribution >= 4 is 11.9 Å². The summed E-state index contributed by atoms with van der Waals surface area (Å²) in [7, 11) is 0. The molecule has 0 N–H and O–H groups in total. The summed E-state index contributed by atoms with van der Waals surface area (Å²) in [5, 5.41) is 0. The summed E-state index contributed by atoms with van der Waals surface area (Å²) < 4.78 is 5.27. The third-order valence-electron chi connectivity index (χ3n) is 3.21. The maximum Gasteiger partial charge on any atom is 0.329 e. The van der Waals surface area contributed by atoms with Crippen LogP contribution in [0.5, 0.6) is 0 Å². The van der Waals surface area contributed by atoms with Crippen molar-refractivity contribution in [2.24, 2.45) is 0 Å². The molecule has 4 nitrogen and oxygen atoms in total. The van der Waals surface area contributed by atoms with Crippen LogP contribution in [0, 0.1) is 0 Å². The summed E-state index contributed by atoms with van der Waals surface area (Å²) in [5.41, 5.74) is 0.940. The SMILES string of the molecule is C=CC(=O)N1CCC[C@@H]1C(=O)OCc1ccccc1. The first-order valence-electron chi connectivity index (χ1n) is 6.36. The van der Waals surface area contributed by atoms with E-state index in [0.717, 1.165) is 12.0 Å². The summed E-state index contributed by atoms with van der Waals surface area (Å²) in [4.78, 5) is 25.1. The molecule has 0 saturated carbocycles. The Balaban J connectivity index is 1.92. The van der Waals surface area contributed by atoms with Crippen molar-refractivity contribution in [2.75, 3.05) is 6.54 Å². The number of esters is 1. The van der Waals surface area contributed by atoms with Gasteiger partial charge in [0.25, 0.3) is 0 Å². The summed E-state index contributed by atoms with van der Waals surface area (Å²) in [6, 6.07) is 9.03. The molecule has 0 unspecified atom stereocenters. The first-order valence-corrected chi connectivity index (χ1v) is 6.36. The van der Waals surface area contributed by atoms with E-state index < -0.39 is 6.04 Å². The van der Waals surface area contributed by atoms with E-state index in [2.05, 4.69) is 6.58 Å². The highest BCUT2D eigenvalue weighted by molar-refractivity contribution is 5.91. The number of carbonyl (C=O) groups is 2. The molecule has 0 aliphatic carbocycles. The standard InChI is InChI=1S/C15H17NO3/c1-2-14(17)16-10-6-9-13(16)15(18)19-11-12-7-4-3-5-8-12/h2-5,7-8,13H,1,6,9-11H2/t13-/m1/s1. The second kappa shape index (κ2) is 6.18. The average Bonchev–Trinajstić information content (AvgIpc) is 2.94. The van der Waals surface area contributed by atoms with Crippen LogP contribution >= 0.6 is 0 Å². The lowest BCUT2D eigenvalue weighted by Gasteiger charge is -2.21. The molecule has 100 valence electrons. The molecule has 1 aliphatic heterocycles. The number of hydrogen-bond acceptors (Lipinski definition) is 3. The zero-order chi connectivity index (χ0) is 13.7. The number of hydrogen-bond donors (Lipinski definition) is 0. The average molecular weight is 259 g/mol. The van der Waals surface area contributed by atoms with Crippen LogP contribution in [0.3, 0.4) is 0 Å². The van der Waals surface area contributed by atoms with Crippen LogP contribution in [0.15, 0.2) is 43.0 Å². The minimum Gasteiger partial charge on any atom is -0.459 e. The van der Waals surface area contributed by atoms with E-state index in [-0.39, 0.29) is 18.5 Å². The Morgan fingerprint density at radius 1 is 1.37 bits per heavy atom. The van der Waals surface area contributed by atoms with Crippen molar-refractivity contribution in [3.63, 3.8) is 0 Å². The van der Waals surface area contributed by atoms with E-state index in [4.69, 9.17) is 4.74 Å². The van der Waals surface area contributed by atoms with Crippen LogP contribution in [0.2, 0.25) is 0 Å². The van der Waals surface area contributed by atoms with Gasteiger partial charge in [-0.05, 0) is 24.5 Å². The fraction of sp³-hybridized carbons (Fsp3) is 0.333. The molecule has 4 heteroatoms. The van der Waals surface area contributed by atoms with E-state index in [9.17, 15) is 9.59 Å². The van der Waals surface area contributed by atoms with Gasteiger partial charge >= 0.3 is 5.97 Å². The Bertz CT molecular complexity index is 470. The second-order valence-electron chi connectivity index (χ2n) is 4.49. The van der Waals surface area contributed by atoms with Crippen LogP contribution in [0.4, 0.5) is 0 Å². The van der Waals surface area contributed by atoms with Gasteiger partial charge in [-0.3, -0.25) is 4.79 Å². The lowest BCUT2D eigenvalue weighted by atomic mass is 10.2. The lowest BCUT2D eigenvalue weighted by Crippen LogP contribution is -2.40. The van der Waals surface area contributed by atoms with Gasteiger partial charge in [-0.1, -0.05) is 36.9 Å². The number of rotatable bonds is 4. The number of amides is 1. The highest BCUT2D eigenvalue weighted by atomic mass is 16.5. The fourth-order valence-corrected chi connectivity index (χ4v) is 2.22. The van der Waals surface area contributed by atoms with Crippen molar-refractivity contribution in [1.29, 1.82) is 0 Å². The second-order valence-corrected chi connectivity index (χ2v) is 4.49. The Morgan fingerprint density at radius 2 is 2.11 bits per heavy atom. The monoisotopic (exact) mass is 259 g/mol. The van der Waals surface area contributed by atoms with Crippen molar-refractivity contribution in [3.8, 4) is 0 Å². The quantitative estimate of drug-likeness (QED) is 0.613. The van der Waals surface area contributed by atoms with E-state index in [0.29, 0.717) is 13.0 Å². The molecule has 1 aliphatic rings. The molecule has 0 bridgehead atoms. The van der Waals surface area contributed by atoms with Crippen molar-refractivity contribution < 1.29 is 14.3 Å². The predicted octanol–water partition coefficient (Wildman–Crippen LogP) is 1.91. The smallest absolute Gasteiger partial charge is 0.329 e. The minimum atomic E-state index is -0.464. The van der Waals surface area contributed by atoms with Crippen LogP contribution in [0.25, 0.3) is 0 Å². The van der Waals surface area contributed by atoms with Crippen LogP contribution in [-0.2, 0) is 20.9 Å². The zero-order valence-electron chi connectivity index (χ0n) is 10.7. The van der Waals surface area contributed by atoms with Crippen LogP contribution in [-0.4, -0.2) is 29.4 Å². The fourth-order valence-electron chi connectivity index (χ4n) is 2.22. The molecule has 1 aromatic rings. The first kappa shape index (κ1) is 13.3. The van der Waals surface area contributed by atoms with Gasteiger partial charge in [0.2, 0.25) is 5.91 Å². The molecule has 1 saturated heterocycles. The van der Waals surface area contributed by atoms with Gasteiger partial charge in [-0.15, -0.1) is 0 Å². The number of carbonyl (C=O) groups excluding carboxylic acids is 2. The van der Waals surface area contributed by atoms with Crippen molar-refractivity contribution in [3.05, 3.63) is 48.6 Å². The predicted molar refractivity (Wildman–Crippen MR) is 71.2 cm³/mol. The number of benzene rings is 1. The van der Waals surface area contributed by atoms with Crippen molar-refractivity contribution in [2.45, 2.75) is 25.5 Å². The van der Waals surface area contributed by atoms with Crippen LogP contribution < -0.4 is 0 Å². The van der Waals surface area contributed by atoms with E-state index in [1.54, 1.807) is 0 Å². The molecular weight excluding hydrogens is 242 g/mol. The molecular formula is C15H17NO3. The van der Waals surface area contributed by atoms with Gasteiger partial charge in [0.1, 0.15) is 12.6 Å². The maximum absolute atomic E-state index is 12.0. The molecule has 2 rings (SSSR count). The highest BCUT2D eigenvalue weighted by Gasteiger charge is 2.34. The molecule has 1 amide bonds. The number of nitrogens with zero attached hydrogens (tertiary/aromatic N) is 1. The maximum atomic E-state index is 12.0. The Hall–Kier alpha value is -2.10. The first-order chi connectivity index (χ1) is 9.22. The third kappa shape index (κ3) is 3.22. The minimum absolute atomic E-state index is 0.209. The topological polar surface area (TPSA) is 46.6 Å². The summed E-state index contributed by atoms with van der Waals surface area (Å²) in [5.74, 6) is -0.546. The van der Waals surface area contributed by atoms with Gasteiger partial charge < -0.3 is 9.64 Å². The zero-order valence-corrected chi connectivity index (χ0v) is 10.7. The Kier molecular flexibility index (Phi) is 4.34. The molecule has 1 aromatic carbocycles. The van der Waals surface area contributed by atoms with Gasteiger partial charge in [-0.25, -0.2) is 4.79 Å². The van der Waals surface area contributed by atoms with Crippen LogP contribution in [0.1, 0.15) is 18.4 Å². The Morgan fingerprint density at radius 3 is 2.79 bits per heavy atom. The summed E-state index contributed by atoms with van der Waals surface area (Å²) >= 11 is 0. The lowest BCUT2D eigenvalue weighted by molar-refractivity contribution is -0.153. The van der Waals surface area contributed by atoms with E-state index in [1.165, 1.54) is 11.0 Å². The Labute approximate surface area is 112 Å². The molecule has 1 fully saturated rings. The molecule has 0 radical (unpaired) electrons. The molecule has 19 heavy (non-hydrogen) atoms. The molecule has 0 spiro atoms. The van der Waals surface area contributed by atoms with E-state index >= 15 is 0 Å². The molecule has 0 aromatic heterocycles. The summed E-state index contributed by atoms with van der Waals surface area (Å²) in [6.07, 6.45) is 2.72. The van der Waals surface area contributed by atoms with Gasteiger partial charge in [0.15, 0.2) is 0 Å². The largest absolute Gasteiger partial charge is 0.459 e. The molecule has 1 heterocycles. The van der Waals surface area contributed by atoms with Gasteiger partial charge in [-0.2, -0.15) is 0 Å². The normalized spacial score (nSPS) is 18.1. The van der Waals surface area contributed by atoms with Crippen molar-refractivity contribution in [1.82, 2.24) is 4.90 Å². The van der Waals surface area contributed by atoms with E-state index in [1.807, 2.05) is 30.3 Å². The number of likely N-dealkylation sites (tertiary alicyclic amines) is 1. The summed E-state index contributed by atoms with van der Waals surface area (Å²) in [6.45, 7) is 4.28.